The first-order chi connectivity index (χ1) is 18.7. The predicted molar refractivity (Wildman–Crippen MR) is 151 cm³/mol. The van der Waals surface area contributed by atoms with E-state index in [1.54, 1.807) is 25.1 Å². The van der Waals surface area contributed by atoms with E-state index in [0.29, 0.717) is 13.0 Å². The number of nitrogens with zero attached hydrogens (tertiary/aromatic N) is 2. The fourth-order valence-corrected chi connectivity index (χ4v) is 5.65. The highest BCUT2D eigenvalue weighted by atomic mass is 32.2. The monoisotopic (exact) mass is 553 g/mol. The summed E-state index contributed by atoms with van der Waals surface area (Å²) in [7, 11) is -4.31. The lowest BCUT2D eigenvalue weighted by Gasteiger charge is -2.33. The summed E-state index contributed by atoms with van der Waals surface area (Å²) >= 11 is 0. The maximum atomic E-state index is 15.0. The Kier molecular flexibility index (Phi) is 10.6. The van der Waals surface area contributed by atoms with Crippen LogP contribution in [0.1, 0.15) is 44.2 Å². The molecule has 9 heteroatoms. The lowest BCUT2D eigenvalue weighted by molar-refractivity contribution is -0.140. The van der Waals surface area contributed by atoms with E-state index in [0.717, 1.165) is 34.3 Å². The van der Waals surface area contributed by atoms with Crippen molar-refractivity contribution in [1.29, 1.82) is 0 Å². The average Bonchev–Trinajstić information content (AvgIpc) is 2.93. The molecule has 208 valence electrons. The SMILES string of the molecule is CCCCNC(=O)[C@H](CC)N(Cc1ccc(C)cc1)C(=O)CN(c1ccccc1F)S(=O)(=O)c1ccccc1. The van der Waals surface area contributed by atoms with E-state index in [9.17, 15) is 22.4 Å². The van der Waals surface area contributed by atoms with Crippen LogP contribution in [0.25, 0.3) is 0 Å². The van der Waals surface area contributed by atoms with Gasteiger partial charge in [0.1, 0.15) is 18.4 Å². The van der Waals surface area contributed by atoms with Gasteiger partial charge in [-0.1, -0.05) is 80.4 Å². The summed E-state index contributed by atoms with van der Waals surface area (Å²) in [5, 5.41) is 2.89. The Balaban J connectivity index is 2.03. The van der Waals surface area contributed by atoms with Gasteiger partial charge in [0.2, 0.25) is 11.8 Å². The zero-order valence-electron chi connectivity index (χ0n) is 22.6. The number of carbonyl (C=O) groups excluding carboxylic acids is 2. The van der Waals surface area contributed by atoms with E-state index in [2.05, 4.69) is 5.32 Å². The van der Waals surface area contributed by atoms with Crippen LogP contribution < -0.4 is 9.62 Å². The van der Waals surface area contributed by atoms with E-state index >= 15 is 0 Å². The molecule has 0 unspecified atom stereocenters. The first kappa shape index (κ1) is 29.8. The van der Waals surface area contributed by atoms with Crippen molar-refractivity contribution < 1.29 is 22.4 Å². The van der Waals surface area contributed by atoms with Gasteiger partial charge in [-0.25, -0.2) is 12.8 Å². The van der Waals surface area contributed by atoms with Crippen LogP contribution in [0.2, 0.25) is 0 Å². The second-order valence-corrected chi connectivity index (χ2v) is 11.2. The van der Waals surface area contributed by atoms with Crippen LogP contribution in [-0.2, 0) is 26.2 Å². The van der Waals surface area contributed by atoms with E-state index in [-0.39, 0.29) is 23.0 Å². The number of amides is 2. The van der Waals surface area contributed by atoms with Gasteiger partial charge in [0, 0.05) is 13.1 Å². The Labute approximate surface area is 230 Å². The summed E-state index contributed by atoms with van der Waals surface area (Å²) in [4.78, 5) is 28.4. The molecule has 1 atom stereocenters. The third-order valence-corrected chi connectivity index (χ3v) is 8.19. The molecule has 3 rings (SSSR count). The van der Waals surface area contributed by atoms with Crippen molar-refractivity contribution in [1.82, 2.24) is 10.2 Å². The fourth-order valence-electron chi connectivity index (χ4n) is 4.20. The number of rotatable bonds is 13. The van der Waals surface area contributed by atoms with Crippen molar-refractivity contribution in [2.24, 2.45) is 0 Å². The second-order valence-electron chi connectivity index (χ2n) is 9.35. The van der Waals surface area contributed by atoms with Gasteiger partial charge >= 0.3 is 0 Å². The minimum atomic E-state index is -4.31. The first-order valence-corrected chi connectivity index (χ1v) is 14.6. The zero-order chi connectivity index (χ0) is 28.4. The molecule has 0 saturated carbocycles. The Morgan fingerprint density at radius 3 is 2.18 bits per heavy atom. The van der Waals surface area contributed by atoms with E-state index in [1.807, 2.05) is 38.1 Å². The molecule has 3 aromatic carbocycles. The van der Waals surface area contributed by atoms with Gasteiger partial charge < -0.3 is 10.2 Å². The van der Waals surface area contributed by atoms with Gasteiger partial charge in [0.15, 0.2) is 0 Å². The normalized spacial score (nSPS) is 12.0. The Morgan fingerprint density at radius 1 is 0.923 bits per heavy atom. The van der Waals surface area contributed by atoms with Gasteiger partial charge in [-0.05, 0) is 49.6 Å². The Hall–Kier alpha value is -3.72. The van der Waals surface area contributed by atoms with Crippen molar-refractivity contribution in [3.8, 4) is 0 Å². The molecule has 0 aliphatic rings. The summed E-state index contributed by atoms with van der Waals surface area (Å²) in [6, 6.07) is 19.7. The van der Waals surface area contributed by atoms with Crippen LogP contribution >= 0.6 is 0 Å². The van der Waals surface area contributed by atoms with E-state index in [1.165, 1.54) is 35.2 Å². The smallest absolute Gasteiger partial charge is 0.264 e. The van der Waals surface area contributed by atoms with Crippen LogP contribution in [-0.4, -0.2) is 44.3 Å². The molecule has 7 nitrogen and oxygen atoms in total. The van der Waals surface area contributed by atoms with Crippen molar-refractivity contribution in [2.75, 3.05) is 17.4 Å². The van der Waals surface area contributed by atoms with Gasteiger partial charge in [-0.3, -0.25) is 13.9 Å². The molecule has 3 aromatic rings. The molecule has 1 N–H and O–H groups in total. The van der Waals surface area contributed by atoms with Crippen molar-refractivity contribution in [3.63, 3.8) is 0 Å². The van der Waals surface area contributed by atoms with Crippen LogP contribution in [0.15, 0.2) is 83.8 Å². The molecular weight excluding hydrogens is 517 g/mol. The minimum Gasteiger partial charge on any atom is -0.354 e. The largest absolute Gasteiger partial charge is 0.354 e. The number of carbonyl (C=O) groups is 2. The summed E-state index contributed by atoms with van der Waals surface area (Å²) in [6.45, 7) is 5.65. The highest BCUT2D eigenvalue weighted by Crippen LogP contribution is 2.27. The average molecular weight is 554 g/mol. The zero-order valence-corrected chi connectivity index (χ0v) is 23.5. The number of hydrogen-bond donors (Lipinski definition) is 1. The Morgan fingerprint density at radius 2 is 1.56 bits per heavy atom. The predicted octanol–water partition coefficient (Wildman–Crippen LogP) is 5.05. The third-order valence-electron chi connectivity index (χ3n) is 6.42. The van der Waals surface area contributed by atoms with Crippen molar-refractivity contribution in [3.05, 3.63) is 95.8 Å². The highest BCUT2D eigenvalue weighted by Gasteiger charge is 2.34. The van der Waals surface area contributed by atoms with E-state index < -0.39 is 34.3 Å². The molecule has 0 radical (unpaired) electrons. The van der Waals surface area contributed by atoms with Crippen molar-refractivity contribution >= 4 is 27.5 Å². The van der Waals surface area contributed by atoms with Crippen LogP contribution in [0.3, 0.4) is 0 Å². The van der Waals surface area contributed by atoms with Crippen LogP contribution in [0.4, 0.5) is 10.1 Å². The number of benzene rings is 3. The third kappa shape index (κ3) is 7.66. The summed E-state index contributed by atoms with van der Waals surface area (Å²) in [5.74, 6) is -1.70. The quantitative estimate of drug-likeness (QED) is 0.300. The summed E-state index contributed by atoms with van der Waals surface area (Å²) in [6.07, 6.45) is 2.02. The number of unbranched alkanes of at least 4 members (excludes halogenated alkanes) is 1. The molecule has 39 heavy (non-hydrogen) atoms. The molecule has 0 aliphatic heterocycles. The number of aryl methyl sites for hydroxylation is 1. The van der Waals surface area contributed by atoms with Crippen molar-refractivity contribution in [2.45, 2.75) is 57.5 Å². The number of para-hydroxylation sites is 1. The molecule has 0 heterocycles. The second kappa shape index (κ2) is 13.9. The molecule has 0 bridgehead atoms. The van der Waals surface area contributed by atoms with Gasteiger partial charge in [-0.15, -0.1) is 0 Å². The summed E-state index contributed by atoms with van der Waals surface area (Å²) in [5.41, 5.74) is 1.59. The molecule has 0 saturated heterocycles. The minimum absolute atomic E-state index is 0.0736. The number of anilines is 1. The molecule has 0 spiro atoms. The van der Waals surface area contributed by atoms with Gasteiger partial charge in [-0.2, -0.15) is 0 Å². The number of sulfonamides is 1. The van der Waals surface area contributed by atoms with Gasteiger partial charge in [0.05, 0.1) is 10.6 Å². The maximum absolute atomic E-state index is 15.0. The van der Waals surface area contributed by atoms with Gasteiger partial charge in [0.25, 0.3) is 10.0 Å². The first-order valence-electron chi connectivity index (χ1n) is 13.1. The molecule has 2 amide bonds. The molecule has 0 fully saturated rings. The lowest BCUT2D eigenvalue weighted by atomic mass is 10.1. The number of halogens is 1. The van der Waals surface area contributed by atoms with E-state index in [4.69, 9.17) is 0 Å². The topological polar surface area (TPSA) is 86.8 Å². The molecule has 0 aliphatic carbocycles. The number of nitrogens with one attached hydrogen (secondary N) is 1. The summed E-state index contributed by atoms with van der Waals surface area (Å²) < 4.78 is 43.1. The highest BCUT2D eigenvalue weighted by molar-refractivity contribution is 7.92. The molecule has 0 aromatic heterocycles. The number of hydrogen-bond acceptors (Lipinski definition) is 4. The fraction of sp³-hybridized carbons (Fsp3) is 0.333. The van der Waals surface area contributed by atoms with Crippen LogP contribution in [0, 0.1) is 12.7 Å². The van der Waals surface area contributed by atoms with Crippen LogP contribution in [0.5, 0.6) is 0 Å². The standard InChI is InChI=1S/C30H36FN3O4S/c1-4-6-20-32-30(36)27(5-2)33(21-24-18-16-23(3)17-19-24)29(35)22-34(28-15-11-10-14-26(28)31)39(37,38)25-12-8-7-9-13-25/h7-19,27H,4-6,20-22H2,1-3H3,(H,32,36)/t27-/m0/s1. The molecular formula is C30H36FN3O4S. The maximum Gasteiger partial charge on any atom is 0.264 e. The lowest BCUT2D eigenvalue weighted by Crippen LogP contribution is -2.52. The Bertz CT molecular complexity index is 1350.